The SMILES string of the molecule is CCOC(=O)C(=O)c1cn(C)c2ccc(C3CC3)cc12. The highest BCUT2D eigenvalue weighted by Gasteiger charge is 2.26. The molecule has 0 unspecified atom stereocenters. The number of Topliss-reactive ketones (excluding diaryl/α,β-unsaturated/α-hetero) is 1. The fourth-order valence-electron chi connectivity index (χ4n) is 2.57. The summed E-state index contributed by atoms with van der Waals surface area (Å²) in [6.07, 6.45) is 4.12. The van der Waals surface area contributed by atoms with Gasteiger partial charge in [-0.05, 0) is 43.4 Å². The van der Waals surface area contributed by atoms with Crippen molar-refractivity contribution in [2.24, 2.45) is 7.05 Å². The van der Waals surface area contributed by atoms with Crippen molar-refractivity contribution < 1.29 is 14.3 Å². The van der Waals surface area contributed by atoms with Crippen LogP contribution in [0.25, 0.3) is 10.9 Å². The van der Waals surface area contributed by atoms with Crippen LogP contribution in [0.3, 0.4) is 0 Å². The molecule has 0 saturated heterocycles. The van der Waals surface area contributed by atoms with Gasteiger partial charge in [-0.25, -0.2) is 4.79 Å². The molecular formula is C16H17NO3. The van der Waals surface area contributed by atoms with Crippen LogP contribution in [0.15, 0.2) is 24.4 Å². The van der Waals surface area contributed by atoms with Gasteiger partial charge in [-0.3, -0.25) is 4.79 Å². The lowest BCUT2D eigenvalue weighted by Gasteiger charge is -2.02. The van der Waals surface area contributed by atoms with Gasteiger partial charge in [0.1, 0.15) is 0 Å². The molecule has 0 amide bonds. The summed E-state index contributed by atoms with van der Waals surface area (Å²) in [4.78, 5) is 23.8. The third-order valence-corrected chi connectivity index (χ3v) is 3.77. The normalized spacial score (nSPS) is 14.5. The zero-order chi connectivity index (χ0) is 14.3. The first-order valence-corrected chi connectivity index (χ1v) is 6.92. The van der Waals surface area contributed by atoms with Crippen molar-refractivity contribution in [3.05, 3.63) is 35.5 Å². The lowest BCUT2D eigenvalue weighted by Crippen LogP contribution is -2.17. The maximum absolute atomic E-state index is 12.2. The molecule has 4 heteroatoms. The summed E-state index contributed by atoms with van der Waals surface area (Å²) in [5.74, 6) is -0.729. The third kappa shape index (κ3) is 2.11. The van der Waals surface area contributed by atoms with E-state index < -0.39 is 11.8 Å². The molecule has 0 radical (unpaired) electrons. The van der Waals surface area contributed by atoms with Gasteiger partial charge in [0.2, 0.25) is 0 Å². The molecule has 4 nitrogen and oxygen atoms in total. The second-order valence-corrected chi connectivity index (χ2v) is 5.25. The van der Waals surface area contributed by atoms with E-state index in [1.807, 2.05) is 23.7 Å². The summed E-state index contributed by atoms with van der Waals surface area (Å²) in [6.45, 7) is 1.90. The molecule has 3 rings (SSSR count). The van der Waals surface area contributed by atoms with Crippen LogP contribution in [0.4, 0.5) is 0 Å². The predicted molar refractivity (Wildman–Crippen MR) is 75.9 cm³/mol. The Balaban J connectivity index is 2.07. The number of hydrogen-bond donors (Lipinski definition) is 0. The van der Waals surface area contributed by atoms with E-state index in [9.17, 15) is 9.59 Å². The number of rotatable bonds is 4. The fraction of sp³-hybridized carbons (Fsp3) is 0.375. The molecular weight excluding hydrogens is 254 g/mol. The van der Waals surface area contributed by atoms with E-state index in [0.29, 0.717) is 11.5 Å². The first-order chi connectivity index (χ1) is 9.61. The standard InChI is InChI=1S/C16H17NO3/c1-3-20-16(19)15(18)13-9-17(2)14-7-6-11(8-12(13)14)10-4-5-10/h6-10H,3-5H2,1-2H3. The molecule has 20 heavy (non-hydrogen) atoms. The monoisotopic (exact) mass is 271 g/mol. The molecule has 1 heterocycles. The lowest BCUT2D eigenvalue weighted by atomic mass is 10.0. The first-order valence-electron chi connectivity index (χ1n) is 6.92. The number of aromatic nitrogens is 1. The topological polar surface area (TPSA) is 48.3 Å². The number of carbonyl (C=O) groups is 2. The van der Waals surface area contributed by atoms with Crippen molar-refractivity contribution in [1.29, 1.82) is 0 Å². The number of ether oxygens (including phenoxy) is 1. The molecule has 0 spiro atoms. The molecule has 1 saturated carbocycles. The van der Waals surface area contributed by atoms with Crippen LogP contribution >= 0.6 is 0 Å². The second kappa shape index (κ2) is 4.78. The summed E-state index contributed by atoms with van der Waals surface area (Å²) < 4.78 is 6.68. The summed E-state index contributed by atoms with van der Waals surface area (Å²) in [5, 5.41) is 0.843. The van der Waals surface area contributed by atoms with E-state index in [0.717, 1.165) is 10.9 Å². The Morgan fingerprint density at radius 3 is 2.75 bits per heavy atom. The maximum Gasteiger partial charge on any atom is 0.379 e. The van der Waals surface area contributed by atoms with Gasteiger partial charge in [0.25, 0.3) is 5.78 Å². The van der Waals surface area contributed by atoms with Crippen molar-refractivity contribution in [3.8, 4) is 0 Å². The van der Waals surface area contributed by atoms with Gasteiger partial charge in [-0.1, -0.05) is 6.07 Å². The Morgan fingerprint density at radius 1 is 1.35 bits per heavy atom. The van der Waals surface area contributed by atoms with Crippen LogP contribution in [0.1, 0.15) is 41.6 Å². The summed E-state index contributed by atoms with van der Waals surface area (Å²) >= 11 is 0. The second-order valence-electron chi connectivity index (χ2n) is 5.25. The largest absolute Gasteiger partial charge is 0.460 e. The zero-order valence-electron chi connectivity index (χ0n) is 11.7. The molecule has 0 bridgehead atoms. The van der Waals surface area contributed by atoms with Gasteiger partial charge in [0.05, 0.1) is 12.2 Å². The third-order valence-electron chi connectivity index (χ3n) is 3.77. The number of aryl methyl sites for hydroxylation is 1. The van der Waals surface area contributed by atoms with E-state index >= 15 is 0 Å². The zero-order valence-corrected chi connectivity index (χ0v) is 11.7. The molecule has 0 N–H and O–H groups in total. The number of hydrogen-bond acceptors (Lipinski definition) is 3. The predicted octanol–water partition coefficient (Wildman–Crippen LogP) is 2.80. The highest BCUT2D eigenvalue weighted by Crippen LogP contribution is 2.41. The Bertz CT molecular complexity index is 695. The quantitative estimate of drug-likeness (QED) is 0.488. The van der Waals surface area contributed by atoms with Crippen LogP contribution in [-0.2, 0) is 16.6 Å². The molecule has 1 fully saturated rings. The van der Waals surface area contributed by atoms with Crippen LogP contribution in [-0.4, -0.2) is 22.9 Å². The Hall–Kier alpha value is -2.10. The highest BCUT2D eigenvalue weighted by atomic mass is 16.5. The average molecular weight is 271 g/mol. The first kappa shape index (κ1) is 12.9. The molecule has 2 aromatic rings. The summed E-state index contributed by atoms with van der Waals surface area (Å²) in [6, 6.07) is 6.17. The summed E-state index contributed by atoms with van der Waals surface area (Å²) in [7, 11) is 1.88. The number of fused-ring (bicyclic) bond motifs is 1. The van der Waals surface area contributed by atoms with Crippen molar-refractivity contribution in [3.63, 3.8) is 0 Å². The van der Waals surface area contributed by atoms with Crippen LogP contribution in [0, 0.1) is 0 Å². The van der Waals surface area contributed by atoms with Crippen molar-refractivity contribution in [1.82, 2.24) is 4.57 Å². The minimum atomic E-state index is -0.781. The van der Waals surface area contributed by atoms with Gasteiger partial charge in [0, 0.05) is 24.1 Å². The van der Waals surface area contributed by atoms with Crippen molar-refractivity contribution >= 4 is 22.7 Å². The minimum absolute atomic E-state index is 0.211. The van der Waals surface area contributed by atoms with Crippen LogP contribution in [0.5, 0.6) is 0 Å². The fourth-order valence-corrected chi connectivity index (χ4v) is 2.57. The molecule has 1 aromatic heterocycles. The molecule has 1 aliphatic carbocycles. The molecule has 0 atom stereocenters. The Labute approximate surface area is 117 Å². The van der Waals surface area contributed by atoms with Crippen LogP contribution < -0.4 is 0 Å². The van der Waals surface area contributed by atoms with E-state index in [1.54, 1.807) is 13.1 Å². The van der Waals surface area contributed by atoms with Crippen LogP contribution in [0.2, 0.25) is 0 Å². The van der Waals surface area contributed by atoms with E-state index in [4.69, 9.17) is 4.74 Å². The van der Waals surface area contributed by atoms with E-state index in [2.05, 4.69) is 6.07 Å². The minimum Gasteiger partial charge on any atom is -0.460 e. The smallest absolute Gasteiger partial charge is 0.379 e. The molecule has 0 aliphatic heterocycles. The molecule has 1 aliphatic rings. The number of nitrogens with zero attached hydrogens (tertiary/aromatic N) is 1. The number of esters is 1. The Morgan fingerprint density at radius 2 is 2.10 bits per heavy atom. The van der Waals surface area contributed by atoms with E-state index in [-0.39, 0.29) is 6.61 Å². The van der Waals surface area contributed by atoms with Gasteiger partial charge in [0.15, 0.2) is 0 Å². The summed E-state index contributed by atoms with van der Waals surface area (Å²) in [5.41, 5.74) is 2.65. The van der Waals surface area contributed by atoms with Gasteiger partial charge < -0.3 is 9.30 Å². The number of carbonyl (C=O) groups excluding carboxylic acids is 2. The molecule has 1 aromatic carbocycles. The average Bonchev–Trinajstić information content (AvgIpc) is 3.23. The van der Waals surface area contributed by atoms with Gasteiger partial charge in [-0.2, -0.15) is 0 Å². The number of ketones is 1. The van der Waals surface area contributed by atoms with E-state index in [1.165, 1.54) is 18.4 Å². The van der Waals surface area contributed by atoms with Gasteiger partial charge in [-0.15, -0.1) is 0 Å². The maximum atomic E-state index is 12.2. The Kier molecular flexibility index (Phi) is 3.08. The van der Waals surface area contributed by atoms with Crippen molar-refractivity contribution in [2.75, 3.05) is 6.61 Å². The van der Waals surface area contributed by atoms with Crippen molar-refractivity contribution in [2.45, 2.75) is 25.7 Å². The number of benzene rings is 1. The lowest BCUT2D eigenvalue weighted by molar-refractivity contribution is -0.137. The van der Waals surface area contributed by atoms with Gasteiger partial charge >= 0.3 is 5.97 Å². The molecule has 104 valence electrons. The highest BCUT2D eigenvalue weighted by molar-refractivity contribution is 6.43.